The topological polar surface area (TPSA) is 30.5 Å². The van der Waals surface area contributed by atoms with E-state index in [1.54, 1.807) is 7.11 Å². The fraction of sp³-hybridized carbons (Fsp3) is 0.600. The summed E-state index contributed by atoms with van der Waals surface area (Å²) in [5, 5.41) is 3.44. The molecule has 0 atom stereocenters. The van der Waals surface area contributed by atoms with Gasteiger partial charge in [-0.3, -0.25) is 0 Å². The highest BCUT2D eigenvalue weighted by molar-refractivity contribution is 5.28. The minimum absolute atomic E-state index is 0.677. The number of methoxy groups -OCH3 is 1. The average Bonchev–Trinajstić information content (AvgIpc) is 2.31. The van der Waals surface area contributed by atoms with Crippen LogP contribution in [0.15, 0.2) is 18.2 Å². The lowest BCUT2D eigenvalue weighted by molar-refractivity contribution is 0.0695. The molecule has 0 aliphatic heterocycles. The van der Waals surface area contributed by atoms with Gasteiger partial charge in [-0.15, -0.1) is 0 Å². The number of rotatable bonds is 9. The van der Waals surface area contributed by atoms with Gasteiger partial charge in [0, 0.05) is 20.3 Å². The van der Waals surface area contributed by atoms with Crippen LogP contribution in [0.2, 0.25) is 0 Å². The largest absolute Gasteiger partial charge is 0.382 e. The third-order valence-electron chi connectivity index (χ3n) is 2.68. The van der Waals surface area contributed by atoms with E-state index in [-0.39, 0.29) is 0 Å². The van der Waals surface area contributed by atoms with Crippen molar-refractivity contribution in [2.75, 3.05) is 33.5 Å². The molecule has 3 heteroatoms. The Bertz CT molecular complexity index is 319. The Morgan fingerprint density at radius 3 is 2.39 bits per heavy atom. The van der Waals surface area contributed by atoms with E-state index in [1.807, 2.05) is 0 Å². The second kappa shape index (κ2) is 9.09. The fourth-order valence-corrected chi connectivity index (χ4v) is 1.95. The summed E-state index contributed by atoms with van der Waals surface area (Å²) in [6, 6.07) is 6.66. The van der Waals surface area contributed by atoms with Crippen molar-refractivity contribution in [3.63, 3.8) is 0 Å². The van der Waals surface area contributed by atoms with Crippen molar-refractivity contribution in [3.8, 4) is 0 Å². The summed E-state index contributed by atoms with van der Waals surface area (Å²) >= 11 is 0. The van der Waals surface area contributed by atoms with Crippen LogP contribution < -0.4 is 5.32 Å². The van der Waals surface area contributed by atoms with E-state index in [0.717, 1.165) is 26.1 Å². The minimum atomic E-state index is 0.677. The van der Waals surface area contributed by atoms with Crippen LogP contribution in [0.3, 0.4) is 0 Å². The van der Waals surface area contributed by atoms with Crippen molar-refractivity contribution in [1.29, 1.82) is 0 Å². The summed E-state index contributed by atoms with van der Waals surface area (Å²) in [4.78, 5) is 0. The standard InChI is InChI=1S/C15H25NO2/c1-13-9-14(2)11-15(10-13)12-16-5-4-6-18-8-7-17-3/h9-11,16H,4-8,12H2,1-3H3. The van der Waals surface area contributed by atoms with Crippen molar-refractivity contribution < 1.29 is 9.47 Å². The fourth-order valence-electron chi connectivity index (χ4n) is 1.95. The van der Waals surface area contributed by atoms with E-state index in [0.29, 0.717) is 13.2 Å². The third kappa shape index (κ3) is 6.74. The lowest BCUT2D eigenvalue weighted by Crippen LogP contribution is -2.17. The molecule has 1 N–H and O–H groups in total. The van der Waals surface area contributed by atoms with E-state index in [9.17, 15) is 0 Å². The smallest absolute Gasteiger partial charge is 0.0700 e. The molecule has 0 fully saturated rings. The summed E-state index contributed by atoms with van der Waals surface area (Å²) in [7, 11) is 1.69. The minimum Gasteiger partial charge on any atom is -0.382 e. The maximum atomic E-state index is 5.40. The molecule has 0 heterocycles. The molecule has 0 unspecified atom stereocenters. The average molecular weight is 251 g/mol. The van der Waals surface area contributed by atoms with Crippen molar-refractivity contribution >= 4 is 0 Å². The van der Waals surface area contributed by atoms with Crippen molar-refractivity contribution in [2.24, 2.45) is 0 Å². The van der Waals surface area contributed by atoms with Crippen LogP contribution in [0.5, 0.6) is 0 Å². The molecular weight excluding hydrogens is 226 g/mol. The molecule has 0 saturated heterocycles. The molecule has 3 nitrogen and oxygen atoms in total. The van der Waals surface area contributed by atoms with E-state index < -0.39 is 0 Å². The molecule has 0 amide bonds. The number of benzene rings is 1. The highest BCUT2D eigenvalue weighted by Crippen LogP contribution is 2.08. The molecule has 102 valence electrons. The van der Waals surface area contributed by atoms with Gasteiger partial charge >= 0.3 is 0 Å². The maximum Gasteiger partial charge on any atom is 0.0700 e. The van der Waals surface area contributed by atoms with Gasteiger partial charge in [0.2, 0.25) is 0 Å². The molecule has 0 aliphatic carbocycles. The first-order valence-electron chi connectivity index (χ1n) is 6.57. The molecule has 1 rings (SSSR count). The first-order chi connectivity index (χ1) is 8.72. The van der Waals surface area contributed by atoms with E-state index >= 15 is 0 Å². The Morgan fingerprint density at radius 2 is 1.72 bits per heavy atom. The second-order valence-electron chi connectivity index (χ2n) is 4.63. The van der Waals surface area contributed by atoms with Gasteiger partial charge in [0.05, 0.1) is 13.2 Å². The first-order valence-corrected chi connectivity index (χ1v) is 6.57. The molecule has 0 aliphatic rings. The normalized spacial score (nSPS) is 10.8. The number of hydrogen-bond donors (Lipinski definition) is 1. The molecule has 1 aromatic rings. The van der Waals surface area contributed by atoms with E-state index in [2.05, 4.69) is 37.4 Å². The summed E-state index contributed by atoms with van der Waals surface area (Å²) < 4.78 is 10.3. The lowest BCUT2D eigenvalue weighted by atomic mass is 10.1. The van der Waals surface area contributed by atoms with E-state index in [1.165, 1.54) is 16.7 Å². The van der Waals surface area contributed by atoms with Crippen LogP contribution in [0.25, 0.3) is 0 Å². The first kappa shape index (κ1) is 15.2. The highest BCUT2D eigenvalue weighted by Gasteiger charge is 1.96. The Balaban J connectivity index is 2.07. The zero-order valence-corrected chi connectivity index (χ0v) is 11.8. The third-order valence-corrected chi connectivity index (χ3v) is 2.68. The number of nitrogens with one attached hydrogen (secondary N) is 1. The zero-order valence-electron chi connectivity index (χ0n) is 11.8. The lowest BCUT2D eigenvalue weighted by Gasteiger charge is -2.07. The summed E-state index contributed by atoms with van der Waals surface area (Å²) in [5.74, 6) is 0. The molecule has 1 aromatic carbocycles. The van der Waals surface area contributed by atoms with Gasteiger partial charge < -0.3 is 14.8 Å². The number of aryl methyl sites for hydroxylation is 2. The van der Waals surface area contributed by atoms with Crippen LogP contribution in [0.4, 0.5) is 0 Å². The second-order valence-corrected chi connectivity index (χ2v) is 4.63. The Morgan fingerprint density at radius 1 is 1.00 bits per heavy atom. The van der Waals surface area contributed by atoms with Crippen LogP contribution >= 0.6 is 0 Å². The van der Waals surface area contributed by atoms with Crippen LogP contribution in [-0.4, -0.2) is 33.5 Å². The Kier molecular flexibility index (Phi) is 7.65. The van der Waals surface area contributed by atoms with Gasteiger partial charge in [0.1, 0.15) is 0 Å². The van der Waals surface area contributed by atoms with Crippen LogP contribution in [-0.2, 0) is 16.0 Å². The molecule has 0 aromatic heterocycles. The zero-order chi connectivity index (χ0) is 13.2. The maximum absolute atomic E-state index is 5.40. The van der Waals surface area contributed by atoms with Gasteiger partial charge in [0.25, 0.3) is 0 Å². The van der Waals surface area contributed by atoms with E-state index in [4.69, 9.17) is 9.47 Å². The summed E-state index contributed by atoms with van der Waals surface area (Å²) in [6.07, 6.45) is 1.04. The van der Waals surface area contributed by atoms with Gasteiger partial charge in [-0.1, -0.05) is 29.3 Å². The predicted octanol–water partition coefficient (Wildman–Crippen LogP) is 2.45. The quantitative estimate of drug-likeness (QED) is 0.684. The van der Waals surface area contributed by atoms with Gasteiger partial charge in [-0.05, 0) is 32.4 Å². The Hall–Kier alpha value is -0.900. The SMILES string of the molecule is COCCOCCCNCc1cc(C)cc(C)c1. The van der Waals surface area contributed by atoms with Gasteiger partial charge in [-0.25, -0.2) is 0 Å². The van der Waals surface area contributed by atoms with Crippen molar-refractivity contribution in [3.05, 3.63) is 34.9 Å². The molecule has 0 radical (unpaired) electrons. The molecule has 0 spiro atoms. The van der Waals surface area contributed by atoms with Crippen LogP contribution in [0.1, 0.15) is 23.1 Å². The monoisotopic (exact) mass is 251 g/mol. The molecule has 0 bridgehead atoms. The van der Waals surface area contributed by atoms with Crippen molar-refractivity contribution in [2.45, 2.75) is 26.8 Å². The highest BCUT2D eigenvalue weighted by atomic mass is 16.5. The molecule has 18 heavy (non-hydrogen) atoms. The summed E-state index contributed by atoms with van der Waals surface area (Å²) in [5.41, 5.74) is 4.01. The molecule has 0 saturated carbocycles. The van der Waals surface area contributed by atoms with Crippen LogP contribution in [0, 0.1) is 13.8 Å². The predicted molar refractivity (Wildman–Crippen MR) is 74.9 cm³/mol. The summed E-state index contributed by atoms with van der Waals surface area (Å²) in [6.45, 7) is 8.35. The number of hydrogen-bond acceptors (Lipinski definition) is 3. The van der Waals surface area contributed by atoms with Gasteiger partial charge in [-0.2, -0.15) is 0 Å². The molecular formula is C15H25NO2. The number of ether oxygens (including phenoxy) is 2. The van der Waals surface area contributed by atoms with Crippen molar-refractivity contribution in [1.82, 2.24) is 5.32 Å². The Labute approximate surface area is 110 Å². The van der Waals surface area contributed by atoms with Gasteiger partial charge in [0.15, 0.2) is 0 Å².